The Labute approximate surface area is 622 Å². The Morgan fingerprint density at radius 1 is 0.533 bits per heavy atom. The molecule has 3 N–H and O–H groups in total. The van der Waals surface area contributed by atoms with Crippen LogP contribution in [0.5, 0.6) is 0 Å². The third-order valence-corrected chi connectivity index (χ3v) is 18.9. The molecule has 3 aromatic heterocycles. The zero-order chi connectivity index (χ0) is 75.4. The zero-order valence-electron chi connectivity index (χ0n) is 61.2. The van der Waals surface area contributed by atoms with Crippen molar-refractivity contribution in [1.29, 1.82) is 0 Å². The van der Waals surface area contributed by atoms with Crippen molar-refractivity contribution in [2.75, 3.05) is 39.4 Å². The fourth-order valence-corrected chi connectivity index (χ4v) is 12.9. The van der Waals surface area contributed by atoms with Crippen molar-refractivity contribution in [3.05, 3.63) is 187 Å². The highest BCUT2D eigenvalue weighted by molar-refractivity contribution is 8.13. The number of aromatic nitrogens is 6. The van der Waals surface area contributed by atoms with E-state index in [1.807, 2.05) is 155 Å². The molecular weight excluding hydrogens is 1410 g/mol. The number of nitrogens with one attached hydrogen (secondary N) is 2. The number of carbonyl (C=O) groups is 3. The van der Waals surface area contributed by atoms with Crippen LogP contribution in [0.4, 0.5) is 28.2 Å². The fourth-order valence-electron chi connectivity index (χ4n) is 11.2. The first-order valence-corrected chi connectivity index (χ1v) is 38.2. The lowest BCUT2D eigenvalue weighted by Gasteiger charge is -2.28. The first-order chi connectivity index (χ1) is 48.8. The summed E-state index contributed by atoms with van der Waals surface area (Å²) < 4.78 is 87.2. The minimum atomic E-state index is -3.83. The number of halogens is 4. The second kappa shape index (κ2) is 42.5. The number of aryl methyl sites for hydroxylation is 2. The standard InChI is InChI=1S/C19H25N3O2.C17H25NO5S.C14H17N3.C10H19NO3.C9H8N2.C7H7ClO2S.CH4.F2.FH/c1-19(2,3)24-18(23)22-12-7-10-16(22)14-21-13-11-17(20-21)15-8-5-4-6-9-15;1-13-7-9-15(10-8-13)24(20,21)22-12-14-6-5-11-18(14)16(19)23-17(2,3)4;1-2-5-12(6-3-1)14-8-10-17(16-14)11-13-7-4-9-15-13;1-10(2,3)14-9(13)11-6-4-5-8(11)7-12;1-2-4-8(5-3-1)9-6-7-10-11-9;1-6-2-4-7(5-3-6)11(8,9)10;;1-2;/h4-6,8-9,11,13,16H,7,10,12,14H2,1-3H3;7-10,14H,5-6,11-12H2,1-4H3;1-3,5-6,8,10,13,15H,4,7,9,11H2;8,12H,4-7H2,1-3H3;1-7H,(H,10,11);2-5H,1H3;1H4;;1H/t16-;14-;13-;8-;;;;;/m0000...../s1. The van der Waals surface area contributed by atoms with E-state index in [0.29, 0.717) is 32.1 Å². The summed E-state index contributed by atoms with van der Waals surface area (Å²) in [6.45, 7) is 25.2. The number of rotatable bonds is 13. The first-order valence-electron chi connectivity index (χ1n) is 34.5. The van der Waals surface area contributed by atoms with Gasteiger partial charge in [-0.3, -0.25) is 23.3 Å². The number of aliphatic hydroxyl groups is 1. The molecule has 4 aliphatic rings. The molecule has 0 saturated carbocycles. The maximum Gasteiger partial charge on any atom is 0.410 e. The van der Waals surface area contributed by atoms with Gasteiger partial charge in [0.1, 0.15) is 16.8 Å². The minimum Gasteiger partial charge on any atom is -0.444 e. The number of hydrogen-bond acceptors (Lipinski definition) is 16. The molecule has 3 amide bonds. The summed E-state index contributed by atoms with van der Waals surface area (Å²) in [4.78, 5) is 41.5. The Kier molecular flexibility index (Phi) is 36.0. The highest BCUT2D eigenvalue weighted by Gasteiger charge is 2.36. The molecule has 105 heavy (non-hydrogen) atoms. The van der Waals surface area contributed by atoms with E-state index in [-0.39, 0.29) is 65.4 Å². The maximum atomic E-state index is 12.4. The number of aromatic amines is 1. The summed E-state index contributed by atoms with van der Waals surface area (Å²) in [5.41, 5.74) is 7.01. The number of nitrogens with zero attached hydrogens (tertiary/aromatic N) is 8. The van der Waals surface area contributed by atoms with Crippen molar-refractivity contribution in [3.8, 4) is 33.8 Å². The second-order valence-corrected chi connectivity index (χ2v) is 32.3. The van der Waals surface area contributed by atoms with Crippen LogP contribution in [0.2, 0.25) is 0 Å². The van der Waals surface area contributed by atoms with Gasteiger partial charge in [-0.15, -0.1) is 0 Å². The zero-order valence-corrected chi connectivity index (χ0v) is 63.6. The van der Waals surface area contributed by atoms with Gasteiger partial charge in [0, 0.05) is 75.2 Å². The SMILES string of the molecule is C.CC(C)(C)OC(=O)N1CCC[C@H]1CO.CC(C)(C)OC(=O)N1CCC[C@H]1Cn1ccc(-c2ccccc2)n1.Cc1ccc(S(=O)(=O)Cl)cc1.Cc1ccc(S(=O)(=O)OC[C@@H]2CCCN2C(=O)OC(C)(C)C)cc1.F.FF.c1ccc(-c2ccn(C[C@@H]3CCCN3)n2)cc1.c1ccc(-c2ccn[nH]2)cc1. The van der Waals surface area contributed by atoms with Crippen molar-refractivity contribution in [3.63, 3.8) is 0 Å². The Bertz CT molecular complexity index is 4050. The van der Waals surface area contributed by atoms with E-state index in [9.17, 15) is 31.2 Å². The number of H-pyrrole nitrogens is 1. The van der Waals surface area contributed by atoms with Gasteiger partial charge >= 0.3 is 18.3 Å². The molecule has 5 aromatic carbocycles. The van der Waals surface area contributed by atoms with Crippen LogP contribution in [0, 0.1) is 13.8 Å². The summed E-state index contributed by atoms with van der Waals surface area (Å²) in [6.07, 6.45) is 12.7. The van der Waals surface area contributed by atoms with Gasteiger partial charge in [-0.25, -0.2) is 22.8 Å². The van der Waals surface area contributed by atoms with Crippen molar-refractivity contribution in [2.24, 2.45) is 0 Å². The number of carbonyl (C=O) groups excluding carboxylic acids is 3. The summed E-state index contributed by atoms with van der Waals surface area (Å²) in [6, 6.07) is 49.9. The van der Waals surface area contributed by atoms with Gasteiger partial charge in [0.25, 0.3) is 19.2 Å². The van der Waals surface area contributed by atoms with Gasteiger partial charge in [-0.05, 0) is 182 Å². The van der Waals surface area contributed by atoms with Crippen LogP contribution in [0.3, 0.4) is 0 Å². The van der Waals surface area contributed by atoms with Gasteiger partial charge in [-0.2, -0.15) is 23.7 Å². The van der Waals surface area contributed by atoms with E-state index >= 15 is 0 Å². The predicted molar refractivity (Wildman–Crippen MR) is 405 cm³/mol. The maximum absolute atomic E-state index is 12.4. The summed E-state index contributed by atoms with van der Waals surface area (Å²) in [5, 5.41) is 28.6. The molecule has 4 saturated heterocycles. The van der Waals surface area contributed by atoms with Crippen LogP contribution in [0.15, 0.2) is 186 Å². The number of aliphatic hydroxyl groups excluding tert-OH is 1. The Morgan fingerprint density at radius 2 is 0.933 bits per heavy atom. The third-order valence-electron chi connectivity index (χ3n) is 16.2. The Hall–Kier alpha value is -8.60. The topological polar surface area (TPSA) is 263 Å². The number of benzene rings is 5. The molecule has 0 radical (unpaired) electrons. The van der Waals surface area contributed by atoms with Gasteiger partial charge in [-0.1, -0.05) is 134 Å². The molecule has 12 rings (SSSR count). The first kappa shape index (κ1) is 88.8. The molecule has 4 fully saturated rings. The number of ether oxygens (including phenoxy) is 3. The highest BCUT2D eigenvalue weighted by Crippen LogP contribution is 2.27. The van der Waals surface area contributed by atoms with Crippen molar-refractivity contribution in [2.45, 2.75) is 199 Å². The summed E-state index contributed by atoms with van der Waals surface area (Å²) >= 11 is 0. The number of likely N-dealkylation sites (tertiary alicyclic amines) is 3. The van der Waals surface area contributed by atoms with E-state index in [1.54, 1.807) is 61.0 Å². The minimum absolute atomic E-state index is 0. The number of amides is 3. The van der Waals surface area contributed by atoms with Crippen molar-refractivity contribution < 1.29 is 68.6 Å². The predicted octanol–water partition coefficient (Wildman–Crippen LogP) is 16.4. The van der Waals surface area contributed by atoms with Crippen LogP contribution >= 0.6 is 10.7 Å². The van der Waals surface area contributed by atoms with E-state index < -0.39 is 42.1 Å². The van der Waals surface area contributed by atoms with Crippen LogP contribution in [-0.4, -0.2) is 165 Å². The van der Waals surface area contributed by atoms with Gasteiger partial charge in [0.15, 0.2) is 0 Å². The smallest absolute Gasteiger partial charge is 0.410 e. The lowest BCUT2D eigenvalue weighted by Crippen LogP contribution is -2.42. The third kappa shape index (κ3) is 30.8. The van der Waals surface area contributed by atoms with Gasteiger partial charge in [0.2, 0.25) is 0 Å². The Morgan fingerprint density at radius 3 is 1.33 bits per heavy atom. The fraction of sp³-hybridized carbons (Fsp3) is 0.455. The highest BCUT2D eigenvalue weighted by atomic mass is 35.7. The molecule has 28 heteroatoms. The van der Waals surface area contributed by atoms with Crippen LogP contribution in [0.1, 0.15) is 132 Å². The average Bonchev–Trinajstić information content (AvgIpc) is 1.81. The molecule has 576 valence electrons. The summed E-state index contributed by atoms with van der Waals surface area (Å²) in [5.74, 6) is 0. The monoisotopic (exact) mass is 1520 g/mol. The summed E-state index contributed by atoms with van der Waals surface area (Å²) in [7, 11) is -2.29. The molecule has 4 atom stereocenters. The van der Waals surface area contributed by atoms with Crippen LogP contribution < -0.4 is 5.32 Å². The lowest BCUT2D eigenvalue weighted by molar-refractivity contribution is 0.0171. The molecular formula is C77H106ClF3N10O12S2. The largest absolute Gasteiger partial charge is 0.444 e. The molecule has 0 unspecified atom stereocenters. The molecule has 8 aromatic rings. The molecule has 22 nitrogen and oxygen atoms in total. The molecule has 0 bridgehead atoms. The van der Waals surface area contributed by atoms with E-state index in [2.05, 4.69) is 62.2 Å². The average molecular weight is 1520 g/mol. The van der Waals surface area contributed by atoms with E-state index in [4.69, 9.17) is 43.3 Å². The molecule has 0 spiro atoms. The van der Waals surface area contributed by atoms with Crippen LogP contribution in [-0.2, 0) is 50.7 Å². The lowest BCUT2D eigenvalue weighted by atomic mass is 10.2. The van der Waals surface area contributed by atoms with Crippen molar-refractivity contribution in [1.82, 2.24) is 49.8 Å². The van der Waals surface area contributed by atoms with E-state index in [0.717, 1.165) is 85.5 Å². The van der Waals surface area contributed by atoms with Crippen molar-refractivity contribution >= 4 is 48.1 Å². The number of hydrogen-bond donors (Lipinski definition) is 3. The molecule has 0 aliphatic carbocycles. The van der Waals surface area contributed by atoms with Gasteiger partial charge in [0.05, 0.1) is 71.3 Å². The van der Waals surface area contributed by atoms with Crippen LogP contribution in [0.25, 0.3) is 33.8 Å². The quantitative estimate of drug-likeness (QED) is 0.0550. The molecule has 4 aliphatic heterocycles. The van der Waals surface area contributed by atoms with E-state index in [1.165, 1.54) is 48.2 Å². The normalized spacial score (nSPS) is 16.8. The van der Waals surface area contributed by atoms with Gasteiger partial charge < -0.3 is 39.3 Å². The Balaban J connectivity index is 0.000000271. The second-order valence-electron chi connectivity index (χ2n) is 28.1. The molecule has 7 heterocycles.